The number of carbonyl (C=O) groups is 1. The third-order valence-electron chi connectivity index (χ3n) is 5.39. The molecule has 0 spiro atoms. The van der Waals surface area contributed by atoms with Crippen LogP contribution in [-0.2, 0) is 6.61 Å². The van der Waals surface area contributed by atoms with Gasteiger partial charge in [0.1, 0.15) is 12.4 Å². The highest BCUT2D eigenvalue weighted by Gasteiger charge is 2.25. The Labute approximate surface area is 206 Å². The van der Waals surface area contributed by atoms with Gasteiger partial charge in [-0.05, 0) is 42.7 Å². The maximum Gasteiger partial charge on any atom is 0.255 e. The summed E-state index contributed by atoms with van der Waals surface area (Å²) in [6.45, 7) is 0.273. The van der Waals surface area contributed by atoms with Crippen LogP contribution in [0.1, 0.15) is 28.8 Å². The fourth-order valence-corrected chi connectivity index (χ4v) is 3.57. The summed E-state index contributed by atoms with van der Waals surface area (Å²) in [5, 5.41) is 6.48. The van der Waals surface area contributed by atoms with Gasteiger partial charge in [0.05, 0.1) is 23.0 Å². The number of amides is 1. The molecular formula is C26H21ClFN5O2. The van der Waals surface area contributed by atoms with Gasteiger partial charge in [0, 0.05) is 23.5 Å². The summed E-state index contributed by atoms with van der Waals surface area (Å²) in [7, 11) is 0. The molecule has 0 aliphatic heterocycles. The lowest BCUT2D eigenvalue weighted by Crippen LogP contribution is -2.26. The fourth-order valence-electron chi connectivity index (χ4n) is 3.40. The molecule has 1 amide bonds. The van der Waals surface area contributed by atoms with E-state index in [4.69, 9.17) is 16.3 Å². The Morgan fingerprint density at radius 2 is 1.94 bits per heavy atom. The molecule has 1 aliphatic rings. The number of aromatic nitrogens is 3. The van der Waals surface area contributed by atoms with Gasteiger partial charge in [-0.15, -0.1) is 0 Å². The van der Waals surface area contributed by atoms with Gasteiger partial charge in [-0.2, -0.15) is 0 Å². The lowest BCUT2D eigenvalue weighted by molar-refractivity contribution is 0.0951. The molecule has 0 bridgehead atoms. The number of hydrogen-bond donors (Lipinski definition) is 2. The molecule has 0 saturated heterocycles. The van der Waals surface area contributed by atoms with E-state index in [0.29, 0.717) is 22.0 Å². The first-order chi connectivity index (χ1) is 17.1. The van der Waals surface area contributed by atoms with E-state index in [1.165, 1.54) is 30.6 Å². The molecule has 4 aromatic rings. The molecule has 0 atom stereocenters. The van der Waals surface area contributed by atoms with Crippen LogP contribution in [0, 0.1) is 5.82 Å². The largest absolute Gasteiger partial charge is 0.483 e. The molecule has 35 heavy (non-hydrogen) atoms. The maximum absolute atomic E-state index is 14.5. The average Bonchev–Trinajstić information content (AvgIpc) is 3.69. The van der Waals surface area contributed by atoms with E-state index in [1.54, 1.807) is 12.3 Å². The summed E-state index contributed by atoms with van der Waals surface area (Å²) in [5.41, 5.74) is 1.95. The fraction of sp³-hybridized carbons (Fsp3) is 0.154. The second kappa shape index (κ2) is 10.1. The van der Waals surface area contributed by atoms with Crippen LogP contribution in [0.15, 0.2) is 73.2 Å². The van der Waals surface area contributed by atoms with Crippen LogP contribution in [-0.4, -0.2) is 26.9 Å². The van der Waals surface area contributed by atoms with Crippen molar-refractivity contribution < 1.29 is 13.9 Å². The number of anilines is 2. The van der Waals surface area contributed by atoms with Gasteiger partial charge in [0.15, 0.2) is 17.4 Å². The van der Waals surface area contributed by atoms with Crippen LogP contribution >= 0.6 is 11.6 Å². The number of ether oxygens (including phenoxy) is 1. The van der Waals surface area contributed by atoms with Crippen LogP contribution in [0.3, 0.4) is 0 Å². The number of hydrogen-bond acceptors (Lipinski definition) is 6. The molecule has 5 rings (SSSR count). The molecule has 2 N–H and O–H groups in total. The van der Waals surface area contributed by atoms with E-state index in [9.17, 15) is 9.18 Å². The van der Waals surface area contributed by atoms with Crippen molar-refractivity contribution in [2.45, 2.75) is 25.5 Å². The zero-order valence-electron chi connectivity index (χ0n) is 18.5. The summed E-state index contributed by atoms with van der Waals surface area (Å²) in [6.07, 6.45) is 6.46. The Morgan fingerprint density at radius 3 is 2.74 bits per heavy atom. The van der Waals surface area contributed by atoms with Gasteiger partial charge in [-0.1, -0.05) is 41.9 Å². The van der Waals surface area contributed by atoms with E-state index in [0.717, 1.165) is 18.4 Å². The minimum absolute atomic E-state index is 0.123. The summed E-state index contributed by atoms with van der Waals surface area (Å²) in [4.78, 5) is 25.7. The van der Waals surface area contributed by atoms with Crippen molar-refractivity contribution in [2.24, 2.45) is 0 Å². The summed E-state index contributed by atoms with van der Waals surface area (Å²) < 4.78 is 20.5. The summed E-state index contributed by atoms with van der Waals surface area (Å²) in [6, 6.07) is 15.7. The first kappa shape index (κ1) is 22.7. The van der Waals surface area contributed by atoms with Crippen LogP contribution in [0.2, 0.25) is 5.02 Å². The zero-order valence-corrected chi connectivity index (χ0v) is 19.3. The topological polar surface area (TPSA) is 89.0 Å². The number of nitrogens with one attached hydrogen (secondary N) is 2. The Morgan fingerprint density at radius 1 is 1.11 bits per heavy atom. The van der Waals surface area contributed by atoms with E-state index in [-0.39, 0.29) is 35.8 Å². The second-order valence-corrected chi connectivity index (χ2v) is 8.54. The number of nitrogens with zero attached hydrogens (tertiary/aromatic N) is 3. The predicted octanol–water partition coefficient (Wildman–Crippen LogP) is 5.55. The number of carbonyl (C=O) groups excluding carboxylic acids is 1. The van der Waals surface area contributed by atoms with Crippen LogP contribution in [0.4, 0.5) is 15.9 Å². The van der Waals surface area contributed by atoms with Crippen molar-refractivity contribution >= 4 is 29.0 Å². The summed E-state index contributed by atoms with van der Waals surface area (Å²) in [5.74, 6) is -0.00304. The van der Waals surface area contributed by atoms with Crippen molar-refractivity contribution in [3.63, 3.8) is 0 Å². The highest BCUT2D eigenvalue weighted by molar-refractivity contribution is 6.30. The van der Waals surface area contributed by atoms with E-state index in [1.807, 2.05) is 30.3 Å². The first-order valence-electron chi connectivity index (χ1n) is 11.1. The van der Waals surface area contributed by atoms with Crippen molar-refractivity contribution in [3.8, 4) is 17.1 Å². The molecule has 0 radical (unpaired) electrons. The Hall–Kier alpha value is -4.04. The van der Waals surface area contributed by atoms with E-state index < -0.39 is 5.82 Å². The quantitative estimate of drug-likeness (QED) is 0.337. The molecule has 2 aromatic carbocycles. The third-order valence-corrected chi connectivity index (χ3v) is 5.63. The standard InChI is InChI=1S/C26H21ClFN5O2/c27-17-6-9-21(28)19(12-17)24-30-14-23(35-15-16-4-2-1-3-5-16)25(33-24)32-22-10-11-29-13-20(22)26(34)31-18-7-8-18/h1-6,9-14,18H,7-8,15H2,(H,31,34)(H,29,30,32,33). The van der Waals surface area contributed by atoms with Gasteiger partial charge in [-0.25, -0.2) is 14.4 Å². The van der Waals surface area contributed by atoms with Crippen LogP contribution < -0.4 is 15.4 Å². The molecule has 2 aromatic heterocycles. The van der Waals surface area contributed by atoms with E-state index >= 15 is 0 Å². The Kier molecular flexibility index (Phi) is 6.54. The molecule has 0 unspecified atom stereocenters. The molecule has 1 aliphatic carbocycles. The highest BCUT2D eigenvalue weighted by Crippen LogP contribution is 2.31. The van der Waals surface area contributed by atoms with E-state index in [2.05, 4.69) is 25.6 Å². The molecule has 7 nitrogen and oxygen atoms in total. The number of pyridine rings is 1. The molecule has 176 valence electrons. The average molecular weight is 490 g/mol. The van der Waals surface area contributed by atoms with Crippen molar-refractivity contribution in [3.05, 3.63) is 95.2 Å². The SMILES string of the molecule is O=C(NC1CC1)c1cnccc1Nc1nc(-c2cc(Cl)ccc2F)ncc1OCc1ccccc1. The van der Waals surface area contributed by atoms with Gasteiger partial charge < -0.3 is 15.4 Å². The van der Waals surface area contributed by atoms with Crippen molar-refractivity contribution in [1.82, 2.24) is 20.3 Å². The zero-order chi connectivity index (χ0) is 24.2. The molecular weight excluding hydrogens is 469 g/mol. The monoisotopic (exact) mass is 489 g/mol. The minimum Gasteiger partial charge on any atom is -0.483 e. The highest BCUT2D eigenvalue weighted by atomic mass is 35.5. The van der Waals surface area contributed by atoms with Crippen molar-refractivity contribution in [2.75, 3.05) is 5.32 Å². The normalized spacial score (nSPS) is 12.7. The van der Waals surface area contributed by atoms with Gasteiger partial charge in [0.2, 0.25) is 0 Å². The predicted molar refractivity (Wildman–Crippen MR) is 131 cm³/mol. The number of rotatable bonds is 8. The molecule has 2 heterocycles. The molecule has 1 saturated carbocycles. The Balaban J connectivity index is 1.50. The first-order valence-corrected chi connectivity index (χ1v) is 11.5. The summed E-state index contributed by atoms with van der Waals surface area (Å²) >= 11 is 6.07. The number of benzene rings is 2. The van der Waals surface area contributed by atoms with Gasteiger partial charge in [0.25, 0.3) is 5.91 Å². The van der Waals surface area contributed by atoms with Gasteiger partial charge >= 0.3 is 0 Å². The lowest BCUT2D eigenvalue weighted by atomic mass is 10.2. The lowest BCUT2D eigenvalue weighted by Gasteiger charge is -2.16. The Bertz CT molecular complexity index is 1370. The van der Waals surface area contributed by atoms with Crippen LogP contribution in [0.25, 0.3) is 11.4 Å². The molecule has 9 heteroatoms. The maximum atomic E-state index is 14.5. The van der Waals surface area contributed by atoms with Gasteiger partial charge in [-0.3, -0.25) is 9.78 Å². The smallest absolute Gasteiger partial charge is 0.255 e. The van der Waals surface area contributed by atoms with Crippen molar-refractivity contribution in [1.29, 1.82) is 0 Å². The van der Waals surface area contributed by atoms with Crippen LogP contribution in [0.5, 0.6) is 5.75 Å². The third kappa shape index (κ3) is 5.55. The molecule has 1 fully saturated rings. The second-order valence-electron chi connectivity index (χ2n) is 8.10. The minimum atomic E-state index is -0.508. The number of halogens is 2.